The Morgan fingerprint density at radius 2 is 1.68 bits per heavy atom. The first-order chi connectivity index (χ1) is 17.7. The van der Waals surface area contributed by atoms with Gasteiger partial charge in [-0.1, -0.05) is 23.7 Å². The molecule has 0 unspecified atom stereocenters. The van der Waals surface area contributed by atoms with Crippen LogP contribution in [0.4, 0.5) is 11.4 Å². The van der Waals surface area contributed by atoms with Gasteiger partial charge in [-0.2, -0.15) is 0 Å². The number of fused-ring (bicyclic) bond motifs is 1. The van der Waals surface area contributed by atoms with Crippen molar-refractivity contribution in [1.29, 1.82) is 0 Å². The third-order valence-electron chi connectivity index (χ3n) is 6.65. The summed E-state index contributed by atoms with van der Waals surface area (Å²) in [5, 5.41) is 12.0. The number of aryl methyl sites for hydroxylation is 1. The molecule has 0 aliphatic carbocycles. The largest absolute Gasteiger partial charge is 0.497 e. The fraction of sp³-hybridized carbons (Fsp3) is 0.192. The maximum absolute atomic E-state index is 13.7. The molecule has 0 aromatic heterocycles. The zero-order valence-corrected chi connectivity index (χ0v) is 20.7. The second-order valence-corrected chi connectivity index (χ2v) is 9.01. The number of amides is 3. The number of nitrogens with zero attached hydrogens (tertiary/aromatic N) is 3. The number of β-lactam (4-membered cyclic amide) rings is 1. The van der Waals surface area contributed by atoms with Crippen LogP contribution < -0.4 is 14.4 Å². The summed E-state index contributed by atoms with van der Waals surface area (Å²) in [6.07, 6.45) is 0. The summed E-state index contributed by atoms with van der Waals surface area (Å²) in [7, 11) is 2.94. The van der Waals surface area contributed by atoms with E-state index in [4.69, 9.17) is 21.1 Å². The first-order valence-corrected chi connectivity index (χ1v) is 11.5. The van der Waals surface area contributed by atoms with E-state index in [0.29, 0.717) is 27.8 Å². The summed E-state index contributed by atoms with van der Waals surface area (Å²) in [5.41, 5.74) is 0.757. The number of anilines is 1. The number of methoxy groups -OCH3 is 2. The molecule has 2 aliphatic rings. The average Bonchev–Trinajstić information content (AvgIpc) is 3.13. The smallest absolute Gasteiger partial charge is 0.282 e. The van der Waals surface area contributed by atoms with E-state index in [1.807, 2.05) is 0 Å². The van der Waals surface area contributed by atoms with Gasteiger partial charge in [0.05, 0.1) is 30.7 Å². The molecular formula is C26H20ClN3O7. The van der Waals surface area contributed by atoms with Gasteiger partial charge < -0.3 is 9.47 Å². The molecule has 0 spiro atoms. The Hall–Kier alpha value is -4.44. The van der Waals surface area contributed by atoms with Crippen LogP contribution in [0.2, 0.25) is 5.02 Å². The molecular weight excluding hydrogens is 502 g/mol. The van der Waals surface area contributed by atoms with Crippen molar-refractivity contribution in [3.63, 3.8) is 0 Å². The van der Waals surface area contributed by atoms with E-state index < -0.39 is 40.4 Å². The molecule has 11 heteroatoms. The number of benzene rings is 3. The molecule has 0 radical (unpaired) electrons. The van der Waals surface area contributed by atoms with Gasteiger partial charge in [-0.15, -0.1) is 0 Å². The van der Waals surface area contributed by atoms with Crippen LogP contribution in [0, 0.1) is 17.0 Å². The predicted octanol–water partition coefficient (Wildman–Crippen LogP) is 4.33. The number of rotatable bonds is 6. The molecule has 3 aromatic rings. The van der Waals surface area contributed by atoms with Crippen LogP contribution >= 0.6 is 11.6 Å². The minimum atomic E-state index is -1.29. The van der Waals surface area contributed by atoms with Crippen molar-refractivity contribution in [2.75, 3.05) is 19.1 Å². The van der Waals surface area contributed by atoms with Gasteiger partial charge in [-0.3, -0.25) is 34.3 Å². The number of imide groups is 1. The Balaban J connectivity index is 1.69. The lowest BCUT2D eigenvalue weighted by Gasteiger charge is -2.50. The average molecular weight is 522 g/mol. The minimum absolute atomic E-state index is 0.124. The van der Waals surface area contributed by atoms with Crippen LogP contribution in [0.3, 0.4) is 0 Å². The molecule has 5 rings (SSSR count). The number of hydrogen-bond donors (Lipinski definition) is 0. The van der Waals surface area contributed by atoms with E-state index in [-0.39, 0.29) is 11.1 Å². The van der Waals surface area contributed by atoms with Gasteiger partial charge in [0.15, 0.2) is 0 Å². The van der Waals surface area contributed by atoms with Crippen molar-refractivity contribution in [1.82, 2.24) is 4.90 Å². The number of nitro benzene ring substituents is 1. The lowest BCUT2D eigenvalue weighted by molar-refractivity contribution is -0.385. The first-order valence-electron chi connectivity index (χ1n) is 11.2. The maximum atomic E-state index is 13.7. The van der Waals surface area contributed by atoms with E-state index in [1.165, 1.54) is 31.3 Å². The Morgan fingerprint density at radius 3 is 2.35 bits per heavy atom. The standard InChI is InChI=1S/C26H20ClN3O7/c1-13-7-8-14(27)11-19(13)28-22(17-12-15(36-2)9-10-20(17)37-3)23(26(28)33)29-24(31)16-5-4-6-18(30(34)35)21(16)25(29)32/h4-12,22-23H,1-3H3/t22-,23-/m1/s1. The number of hydrogen-bond acceptors (Lipinski definition) is 7. The summed E-state index contributed by atoms with van der Waals surface area (Å²) in [5.74, 6) is -1.36. The predicted molar refractivity (Wildman–Crippen MR) is 133 cm³/mol. The summed E-state index contributed by atoms with van der Waals surface area (Å²) >= 11 is 6.24. The van der Waals surface area contributed by atoms with E-state index in [0.717, 1.165) is 16.5 Å². The minimum Gasteiger partial charge on any atom is -0.497 e. The molecule has 188 valence electrons. The van der Waals surface area contributed by atoms with Crippen molar-refractivity contribution < 1.29 is 28.8 Å². The normalized spacial score (nSPS) is 18.5. The van der Waals surface area contributed by atoms with Gasteiger partial charge in [-0.25, -0.2) is 0 Å². The highest BCUT2D eigenvalue weighted by Gasteiger charge is 2.59. The fourth-order valence-electron chi connectivity index (χ4n) is 4.91. The molecule has 10 nitrogen and oxygen atoms in total. The van der Waals surface area contributed by atoms with Gasteiger partial charge in [0, 0.05) is 22.3 Å². The van der Waals surface area contributed by atoms with Crippen molar-refractivity contribution in [3.05, 3.63) is 92.0 Å². The monoisotopic (exact) mass is 521 g/mol. The van der Waals surface area contributed by atoms with Crippen molar-refractivity contribution in [2.24, 2.45) is 0 Å². The van der Waals surface area contributed by atoms with Crippen LogP contribution in [0.1, 0.15) is 37.9 Å². The fourth-order valence-corrected chi connectivity index (χ4v) is 5.07. The first kappa shape index (κ1) is 24.3. The van der Waals surface area contributed by atoms with E-state index in [1.54, 1.807) is 43.3 Å². The lowest BCUT2D eigenvalue weighted by Crippen LogP contribution is -2.67. The molecule has 2 heterocycles. The van der Waals surface area contributed by atoms with Crippen molar-refractivity contribution in [3.8, 4) is 11.5 Å². The summed E-state index contributed by atoms with van der Waals surface area (Å²) in [6, 6.07) is 11.7. The van der Waals surface area contributed by atoms with Crippen molar-refractivity contribution >= 4 is 40.7 Å². The Kier molecular flexibility index (Phi) is 5.83. The van der Waals surface area contributed by atoms with Crippen LogP contribution in [0.5, 0.6) is 11.5 Å². The van der Waals surface area contributed by atoms with E-state index in [9.17, 15) is 24.5 Å². The van der Waals surface area contributed by atoms with Gasteiger partial charge in [0.2, 0.25) is 0 Å². The molecule has 1 saturated heterocycles. The van der Waals surface area contributed by atoms with Crippen LogP contribution in [0.15, 0.2) is 54.6 Å². The molecule has 0 N–H and O–H groups in total. The molecule has 2 aliphatic heterocycles. The summed E-state index contributed by atoms with van der Waals surface area (Å²) in [6.45, 7) is 1.80. The number of halogens is 1. The highest BCUT2D eigenvalue weighted by molar-refractivity contribution is 6.31. The van der Waals surface area contributed by atoms with Gasteiger partial charge >= 0.3 is 0 Å². The second-order valence-electron chi connectivity index (χ2n) is 8.57. The highest BCUT2D eigenvalue weighted by Crippen LogP contribution is 2.49. The Bertz CT molecular complexity index is 1510. The molecule has 0 saturated carbocycles. The molecule has 37 heavy (non-hydrogen) atoms. The highest BCUT2D eigenvalue weighted by atomic mass is 35.5. The third-order valence-corrected chi connectivity index (χ3v) is 6.89. The maximum Gasteiger partial charge on any atom is 0.282 e. The molecule has 2 atom stereocenters. The topological polar surface area (TPSA) is 119 Å². The SMILES string of the molecule is COc1ccc(OC)c([C@@H]2[C@@H](N3C(=O)c4cccc([N+](=O)[O-])c4C3=O)C(=O)N2c2cc(Cl)ccc2C)c1. The quantitative estimate of drug-likeness (QED) is 0.205. The Morgan fingerprint density at radius 1 is 0.919 bits per heavy atom. The third kappa shape index (κ3) is 3.60. The number of ether oxygens (including phenoxy) is 2. The van der Waals surface area contributed by atoms with Crippen LogP contribution in [0.25, 0.3) is 0 Å². The Labute approximate surface area is 216 Å². The second kappa shape index (κ2) is 8.90. The summed E-state index contributed by atoms with van der Waals surface area (Å²) < 4.78 is 10.9. The summed E-state index contributed by atoms with van der Waals surface area (Å²) in [4.78, 5) is 53.8. The number of carbonyl (C=O) groups is 3. The lowest BCUT2D eigenvalue weighted by atomic mass is 9.85. The molecule has 3 aromatic carbocycles. The van der Waals surface area contributed by atoms with Crippen LogP contribution in [-0.2, 0) is 4.79 Å². The number of nitro groups is 1. The van der Waals surface area contributed by atoms with Crippen molar-refractivity contribution in [2.45, 2.75) is 19.0 Å². The molecule has 3 amide bonds. The van der Waals surface area contributed by atoms with Crippen LogP contribution in [-0.4, -0.2) is 47.8 Å². The molecule has 1 fully saturated rings. The zero-order valence-electron chi connectivity index (χ0n) is 19.9. The van der Waals surface area contributed by atoms with E-state index >= 15 is 0 Å². The molecule has 0 bridgehead atoms. The van der Waals surface area contributed by atoms with E-state index in [2.05, 4.69) is 0 Å². The zero-order chi connectivity index (χ0) is 26.6. The van der Waals surface area contributed by atoms with Gasteiger partial charge in [0.25, 0.3) is 23.4 Å². The van der Waals surface area contributed by atoms with Gasteiger partial charge in [-0.05, 0) is 48.9 Å². The number of carbonyl (C=O) groups excluding carboxylic acids is 3. The van der Waals surface area contributed by atoms with Gasteiger partial charge in [0.1, 0.15) is 23.1 Å².